The summed E-state index contributed by atoms with van der Waals surface area (Å²) in [7, 11) is -3.13. The van der Waals surface area contributed by atoms with Gasteiger partial charge in [-0.05, 0) is 24.3 Å². The maximum absolute atomic E-state index is 13.8. The van der Waals surface area contributed by atoms with E-state index in [4.69, 9.17) is 10.5 Å². The van der Waals surface area contributed by atoms with E-state index in [1.165, 1.54) is 13.2 Å². The number of hydrogen-bond acceptors (Lipinski definition) is 4. The Hall–Kier alpha value is -2.42. The minimum atomic E-state index is -4.42. The van der Waals surface area contributed by atoms with Crippen LogP contribution in [0, 0.1) is 17.5 Å². The fourth-order valence-electron chi connectivity index (χ4n) is 1.67. The maximum Gasteiger partial charge on any atom is 0.264 e. The second-order valence-corrected chi connectivity index (χ2v) is 5.88. The summed E-state index contributed by atoms with van der Waals surface area (Å²) in [6.07, 6.45) is 0. The standard InChI is InChI=1S/C13H11F3N2O3S/c1-21-7-2-5-11(9(15)6-7)22(19,20)18-10-4-3-8(14)13(17)12(10)16/h2-6,18H,17H2,1H3. The van der Waals surface area contributed by atoms with E-state index in [2.05, 4.69) is 0 Å². The quantitative estimate of drug-likeness (QED) is 0.843. The highest BCUT2D eigenvalue weighted by Gasteiger charge is 2.22. The van der Waals surface area contributed by atoms with Gasteiger partial charge >= 0.3 is 0 Å². The predicted octanol–water partition coefficient (Wildman–Crippen LogP) is 2.50. The molecular formula is C13H11F3N2O3S. The van der Waals surface area contributed by atoms with E-state index in [0.29, 0.717) is 0 Å². The van der Waals surface area contributed by atoms with Crippen LogP contribution in [0.25, 0.3) is 0 Å². The summed E-state index contributed by atoms with van der Waals surface area (Å²) in [5.74, 6) is -3.27. The maximum atomic E-state index is 13.8. The van der Waals surface area contributed by atoms with Gasteiger partial charge in [0, 0.05) is 6.07 Å². The van der Waals surface area contributed by atoms with Crippen molar-refractivity contribution in [3.63, 3.8) is 0 Å². The lowest BCUT2D eigenvalue weighted by Crippen LogP contribution is -2.16. The molecule has 0 saturated heterocycles. The molecule has 0 heterocycles. The van der Waals surface area contributed by atoms with E-state index in [1.54, 1.807) is 0 Å². The van der Waals surface area contributed by atoms with Crippen molar-refractivity contribution in [2.45, 2.75) is 4.90 Å². The molecule has 2 rings (SSSR count). The summed E-state index contributed by atoms with van der Waals surface area (Å²) in [5, 5.41) is 0. The molecule has 0 aliphatic carbocycles. The summed E-state index contributed by atoms with van der Waals surface area (Å²) in [5.41, 5.74) is 3.71. The van der Waals surface area contributed by atoms with E-state index < -0.39 is 43.7 Å². The van der Waals surface area contributed by atoms with E-state index in [9.17, 15) is 21.6 Å². The van der Waals surface area contributed by atoms with Gasteiger partial charge < -0.3 is 10.5 Å². The highest BCUT2D eigenvalue weighted by Crippen LogP contribution is 2.27. The topological polar surface area (TPSA) is 81.4 Å². The molecule has 9 heteroatoms. The van der Waals surface area contributed by atoms with E-state index >= 15 is 0 Å². The number of nitrogen functional groups attached to an aromatic ring is 1. The van der Waals surface area contributed by atoms with Crippen LogP contribution in [0.5, 0.6) is 5.75 Å². The summed E-state index contributed by atoms with van der Waals surface area (Å²) in [6, 6.07) is 4.69. The SMILES string of the molecule is COc1ccc(S(=O)(=O)Nc2ccc(F)c(N)c2F)c(F)c1. The number of nitrogens with two attached hydrogens (primary N) is 1. The van der Waals surface area contributed by atoms with Crippen molar-refractivity contribution in [2.24, 2.45) is 0 Å². The molecule has 0 atom stereocenters. The molecular weight excluding hydrogens is 321 g/mol. The minimum absolute atomic E-state index is 0.119. The molecule has 22 heavy (non-hydrogen) atoms. The Morgan fingerprint density at radius 1 is 1.09 bits per heavy atom. The van der Waals surface area contributed by atoms with Gasteiger partial charge in [0.05, 0.1) is 12.8 Å². The van der Waals surface area contributed by atoms with Gasteiger partial charge in [-0.15, -0.1) is 0 Å². The Kier molecular flexibility index (Phi) is 4.18. The van der Waals surface area contributed by atoms with Crippen LogP contribution in [0.3, 0.4) is 0 Å². The average molecular weight is 332 g/mol. The molecule has 2 aromatic carbocycles. The van der Waals surface area contributed by atoms with Crippen molar-refractivity contribution >= 4 is 21.4 Å². The first-order valence-corrected chi connectivity index (χ1v) is 7.34. The van der Waals surface area contributed by atoms with Crippen LogP contribution in [0.4, 0.5) is 24.5 Å². The zero-order valence-electron chi connectivity index (χ0n) is 11.2. The van der Waals surface area contributed by atoms with Gasteiger partial charge in [0.15, 0.2) is 5.82 Å². The fraction of sp³-hybridized carbons (Fsp3) is 0.0769. The van der Waals surface area contributed by atoms with E-state index in [0.717, 1.165) is 24.3 Å². The lowest BCUT2D eigenvalue weighted by molar-refractivity contribution is 0.410. The Morgan fingerprint density at radius 3 is 2.36 bits per heavy atom. The summed E-state index contributed by atoms with van der Waals surface area (Å²) in [4.78, 5) is -0.712. The van der Waals surface area contributed by atoms with Gasteiger partial charge in [-0.3, -0.25) is 4.72 Å². The molecule has 3 N–H and O–H groups in total. The van der Waals surface area contributed by atoms with Crippen molar-refractivity contribution < 1.29 is 26.3 Å². The predicted molar refractivity (Wildman–Crippen MR) is 74.5 cm³/mol. The van der Waals surface area contributed by atoms with Gasteiger partial charge in [0.2, 0.25) is 0 Å². The Morgan fingerprint density at radius 2 is 1.77 bits per heavy atom. The van der Waals surface area contributed by atoms with Gasteiger partial charge in [-0.25, -0.2) is 21.6 Å². The normalized spacial score (nSPS) is 11.3. The molecule has 0 amide bonds. The second-order valence-electron chi connectivity index (χ2n) is 4.22. The number of hydrogen-bond donors (Lipinski definition) is 2. The Bertz CT molecular complexity index is 826. The van der Waals surface area contributed by atoms with E-state index in [1.807, 2.05) is 4.72 Å². The van der Waals surface area contributed by atoms with Gasteiger partial charge in [-0.2, -0.15) is 0 Å². The molecule has 0 saturated carbocycles. The van der Waals surface area contributed by atoms with Crippen molar-refractivity contribution in [2.75, 3.05) is 17.6 Å². The van der Waals surface area contributed by atoms with Gasteiger partial charge in [0.25, 0.3) is 10.0 Å². The van der Waals surface area contributed by atoms with Crippen LogP contribution < -0.4 is 15.2 Å². The molecule has 5 nitrogen and oxygen atoms in total. The largest absolute Gasteiger partial charge is 0.497 e. The zero-order valence-corrected chi connectivity index (χ0v) is 12.0. The molecule has 0 aliphatic rings. The fourth-order valence-corrected chi connectivity index (χ4v) is 2.79. The van der Waals surface area contributed by atoms with Crippen molar-refractivity contribution in [1.82, 2.24) is 0 Å². The Labute approximate surface area is 124 Å². The van der Waals surface area contributed by atoms with Gasteiger partial charge in [-0.1, -0.05) is 0 Å². The third-order valence-electron chi connectivity index (χ3n) is 2.80. The second kappa shape index (κ2) is 5.76. The monoisotopic (exact) mass is 332 g/mol. The van der Waals surface area contributed by atoms with Crippen molar-refractivity contribution in [3.8, 4) is 5.75 Å². The molecule has 118 valence electrons. The highest BCUT2D eigenvalue weighted by atomic mass is 32.2. The molecule has 0 unspecified atom stereocenters. The zero-order chi connectivity index (χ0) is 16.5. The van der Waals surface area contributed by atoms with Crippen LogP contribution in [0.1, 0.15) is 0 Å². The van der Waals surface area contributed by atoms with E-state index in [-0.39, 0.29) is 5.75 Å². The first kappa shape index (κ1) is 16.0. The van der Waals surface area contributed by atoms with Crippen LogP contribution in [-0.4, -0.2) is 15.5 Å². The number of rotatable bonds is 4. The molecule has 0 aromatic heterocycles. The first-order chi connectivity index (χ1) is 10.3. The highest BCUT2D eigenvalue weighted by molar-refractivity contribution is 7.92. The third kappa shape index (κ3) is 2.93. The number of sulfonamides is 1. The number of nitrogens with one attached hydrogen (secondary N) is 1. The number of benzene rings is 2. The third-order valence-corrected chi connectivity index (χ3v) is 4.20. The average Bonchev–Trinajstić information content (AvgIpc) is 2.47. The molecule has 0 spiro atoms. The number of anilines is 2. The summed E-state index contributed by atoms with van der Waals surface area (Å²) >= 11 is 0. The molecule has 2 aromatic rings. The van der Waals surface area contributed by atoms with Crippen LogP contribution in [0.2, 0.25) is 0 Å². The number of ether oxygens (including phenoxy) is 1. The number of halogens is 3. The Balaban J connectivity index is 2.42. The first-order valence-electron chi connectivity index (χ1n) is 5.86. The van der Waals surface area contributed by atoms with Crippen LogP contribution in [0.15, 0.2) is 35.2 Å². The summed E-state index contributed by atoms with van der Waals surface area (Å²) in [6.45, 7) is 0. The summed E-state index contributed by atoms with van der Waals surface area (Å²) < 4.78 is 71.3. The lowest BCUT2D eigenvalue weighted by atomic mass is 10.2. The molecule has 0 radical (unpaired) electrons. The van der Waals surface area contributed by atoms with Crippen molar-refractivity contribution in [1.29, 1.82) is 0 Å². The van der Waals surface area contributed by atoms with Crippen molar-refractivity contribution in [3.05, 3.63) is 47.8 Å². The molecule has 0 aliphatic heterocycles. The smallest absolute Gasteiger partial charge is 0.264 e. The minimum Gasteiger partial charge on any atom is -0.497 e. The molecule has 0 fully saturated rings. The number of methoxy groups -OCH3 is 1. The van der Waals surface area contributed by atoms with Crippen LogP contribution in [-0.2, 0) is 10.0 Å². The molecule has 0 bridgehead atoms. The lowest BCUT2D eigenvalue weighted by Gasteiger charge is -2.11. The van der Waals surface area contributed by atoms with Gasteiger partial charge in [0.1, 0.15) is 28.0 Å². The van der Waals surface area contributed by atoms with Crippen LogP contribution >= 0.6 is 0 Å².